The van der Waals surface area contributed by atoms with E-state index in [4.69, 9.17) is 4.74 Å². The maximum Gasteiger partial charge on any atom is 0.416 e. The number of alkyl halides is 3. The van der Waals surface area contributed by atoms with Crippen LogP contribution in [-0.2, 0) is 15.7 Å². The highest BCUT2D eigenvalue weighted by Crippen LogP contribution is 2.29. The molecule has 5 nitrogen and oxygen atoms in total. The number of halogens is 3. The molecule has 148 valence electrons. The van der Waals surface area contributed by atoms with Crippen LogP contribution in [0.25, 0.3) is 6.08 Å². The van der Waals surface area contributed by atoms with E-state index in [9.17, 15) is 22.8 Å². The number of piperazine rings is 1. The van der Waals surface area contributed by atoms with Gasteiger partial charge in [0.25, 0.3) is 0 Å². The minimum Gasteiger partial charge on any atom is -0.450 e. The Morgan fingerprint density at radius 1 is 1.11 bits per heavy atom. The molecule has 1 aliphatic heterocycles. The van der Waals surface area contributed by atoms with Gasteiger partial charge in [-0.25, -0.2) is 4.79 Å². The molecule has 27 heavy (non-hydrogen) atoms. The van der Waals surface area contributed by atoms with Crippen LogP contribution in [0, 0.1) is 0 Å². The Morgan fingerprint density at radius 3 is 2.30 bits per heavy atom. The molecule has 0 atom stereocenters. The van der Waals surface area contributed by atoms with Crippen molar-refractivity contribution in [3.8, 4) is 0 Å². The van der Waals surface area contributed by atoms with Crippen LogP contribution in [0.15, 0.2) is 30.3 Å². The number of rotatable bonds is 6. The molecule has 8 heteroatoms. The minimum atomic E-state index is -4.37. The van der Waals surface area contributed by atoms with Gasteiger partial charge in [-0.2, -0.15) is 13.2 Å². The zero-order valence-electron chi connectivity index (χ0n) is 15.2. The normalized spacial score (nSPS) is 15.9. The molecule has 0 N–H and O–H groups in total. The molecule has 1 heterocycles. The van der Waals surface area contributed by atoms with Crippen molar-refractivity contribution in [1.82, 2.24) is 9.80 Å². The first-order valence-corrected chi connectivity index (χ1v) is 8.82. The van der Waals surface area contributed by atoms with E-state index >= 15 is 0 Å². The highest BCUT2D eigenvalue weighted by atomic mass is 19.4. The van der Waals surface area contributed by atoms with Gasteiger partial charge in [-0.1, -0.05) is 18.2 Å². The average molecular weight is 384 g/mol. The third-order valence-corrected chi connectivity index (χ3v) is 4.27. The van der Waals surface area contributed by atoms with Gasteiger partial charge in [0.1, 0.15) is 0 Å². The van der Waals surface area contributed by atoms with Crippen LogP contribution in [0.4, 0.5) is 18.0 Å². The van der Waals surface area contributed by atoms with E-state index in [-0.39, 0.29) is 11.9 Å². The van der Waals surface area contributed by atoms with E-state index in [1.54, 1.807) is 11.8 Å². The van der Waals surface area contributed by atoms with Crippen molar-refractivity contribution in [3.63, 3.8) is 0 Å². The number of ketones is 1. The molecule has 1 aromatic carbocycles. The molecule has 1 aliphatic rings. The molecule has 0 radical (unpaired) electrons. The zero-order chi connectivity index (χ0) is 19.9. The van der Waals surface area contributed by atoms with Crippen LogP contribution in [0.2, 0.25) is 0 Å². The van der Waals surface area contributed by atoms with Crippen molar-refractivity contribution >= 4 is 18.0 Å². The third-order valence-electron chi connectivity index (χ3n) is 4.27. The largest absolute Gasteiger partial charge is 0.450 e. The Kier molecular flexibility index (Phi) is 7.41. The van der Waals surface area contributed by atoms with Crippen LogP contribution >= 0.6 is 0 Å². The smallest absolute Gasteiger partial charge is 0.416 e. The lowest BCUT2D eigenvalue weighted by Crippen LogP contribution is -2.49. The van der Waals surface area contributed by atoms with E-state index in [1.165, 1.54) is 24.3 Å². The quantitative estimate of drug-likeness (QED) is 0.705. The van der Waals surface area contributed by atoms with Crippen LogP contribution in [0.3, 0.4) is 0 Å². The summed E-state index contributed by atoms with van der Waals surface area (Å²) in [6.07, 6.45) is -1.46. The lowest BCUT2D eigenvalue weighted by atomic mass is 10.1. The molecule has 1 saturated heterocycles. The van der Waals surface area contributed by atoms with Gasteiger partial charge in [0.05, 0.1) is 12.2 Å². The number of hydrogen-bond acceptors (Lipinski definition) is 4. The predicted octanol–water partition coefficient (Wildman–Crippen LogP) is 3.45. The standard InChI is InChI=1S/C19H23F3N2O3/c1-2-27-18(26)24-13-11-23(12-14-24)10-9-17(25)8-5-15-3-6-16(7-4-15)19(20,21)22/h3-8H,2,9-14H2,1H3. The van der Waals surface area contributed by atoms with Gasteiger partial charge in [-0.15, -0.1) is 0 Å². The van der Waals surface area contributed by atoms with Gasteiger partial charge in [-0.05, 0) is 30.7 Å². The fraction of sp³-hybridized carbons (Fsp3) is 0.474. The van der Waals surface area contributed by atoms with Crippen LogP contribution in [0.5, 0.6) is 0 Å². The summed E-state index contributed by atoms with van der Waals surface area (Å²) in [4.78, 5) is 27.3. The van der Waals surface area contributed by atoms with Gasteiger partial charge in [0.15, 0.2) is 5.78 Å². The van der Waals surface area contributed by atoms with Gasteiger partial charge in [-0.3, -0.25) is 9.69 Å². The van der Waals surface area contributed by atoms with E-state index in [2.05, 4.69) is 4.90 Å². The Bertz CT molecular complexity index is 664. The summed E-state index contributed by atoms with van der Waals surface area (Å²) in [6.45, 7) is 5.16. The van der Waals surface area contributed by atoms with Crippen molar-refractivity contribution in [2.45, 2.75) is 19.5 Å². The Labute approximate surface area is 156 Å². The SMILES string of the molecule is CCOC(=O)N1CCN(CCC(=O)C=Cc2ccc(C(F)(F)F)cc2)CC1. The average Bonchev–Trinajstić information content (AvgIpc) is 2.65. The lowest BCUT2D eigenvalue weighted by molar-refractivity contribution is -0.137. The fourth-order valence-corrected chi connectivity index (χ4v) is 2.69. The molecule has 0 bridgehead atoms. The second-order valence-electron chi connectivity index (χ2n) is 6.20. The van der Waals surface area contributed by atoms with Crippen molar-refractivity contribution in [2.24, 2.45) is 0 Å². The number of carbonyl (C=O) groups is 2. The monoisotopic (exact) mass is 384 g/mol. The topological polar surface area (TPSA) is 49.9 Å². The summed E-state index contributed by atoms with van der Waals surface area (Å²) in [7, 11) is 0. The number of carbonyl (C=O) groups excluding carboxylic acids is 2. The molecule has 1 aromatic rings. The molecule has 0 unspecified atom stereocenters. The lowest BCUT2D eigenvalue weighted by Gasteiger charge is -2.33. The summed E-state index contributed by atoms with van der Waals surface area (Å²) in [5, 5.41) is 0. The summed E-state index contributed by atoms with van der Waals surface area (Å²) >= 11 is 0. The summed E-state index contributed by atoms with van der Waals surface area (Å²) < 4.78 is 42.5. The van der Waals surface area contributed by atoms with Crippen molar-refractivity contribution in [1.29, 1.82) is 0 Å². The number of ether oxygens (including phenoxy) is 1. The van der Waals surface area contributed by atoms with Crippen LogP contribution in [0.1, 0.15) is 24.5 Å². The number of amides is 1. The Balaban J connectivity index is 1.73. The molecule has 0 spiro atoms. The number of benzene rings is 1. The second kappa shape index (κ2) is 9.55. The van der Waals surface area contributed by atoms with Gasteiger partial charge in [0.2, 0.25) is 0 Å². The highest BCUT2D eigenvalue weighted by Gasteiger charge is 2.29. The first kappa shape index (κ1) is 21.0. The summed E-state index contributed by atoms with van der Waals surface area (Å²) in [6, 6.07) is 4.66. The highest BCUT2D eigenvalue weighted by molar-refractivity contribution is 5.93. The molecule has 0 aromatic heterocycles. The minimum absolute atomic E-state index is 0.0947. The fourth-order valence-electron chi connectivity index (χ4n) is 2.69. The molecule has 1 amide bonds. The molecule has 0 aliphatic carbocycles. The maximum atomic E-state index is 12.5. The van der Waals surface area contributed by atoms with E-state index in [0.717, 1.165) is 12.1 Å². The zero-order valence-corrected chi connectivity index (χ0v) is 15.2. The number of nitrogens with zero attached hydrogens (tertiary/aromatic N) is 2. The van der Waals surface area contributed by atoms with E-state index in [0.29, 0.717) is 51.3 Å². The number of allylic oxidation sites excluding steroid dienone is 1. The van der Waals surface area contributed by atoms with Crippen LogP contribution < -0.4 is 0 Å². The van der Waals surface area contributed by atoms with Crippen molar-refractivity contribution < 1.29 is 27.5 Å². The van der Waals surface area contributed by atoms with E-state index < -0.39 is 11.7 Å². The first-order valence-electron chi connectivity index (χ1n) is 8.82. The van der Waals surface area contributed by atoms with Crippen molar-refractivity contribution in [2.75, 3.05) is 39.3 Å². The molecule has 0 saturated carbocycles. The third kappa shape index (κ3) is 6.71. The van der Waals surface area contributed by atoms with Gasteiger partial charge < -0.3 is 9.64 Å². The Hall–Kier alpha value is -2.35. The Morgan fingerprint density at radius 2 is 1.74 bits per heavy atom. The first-order chi connectivity index (χ1) is 12.8. The molecular formula is C19H23F3N2O3. The number of hydrogen-bond donors (Lipinski definition) is 0. The second-order valence-corrected chi connectivity index (χ2v) is 6.20. The van der Waals surface area contributed by atoms with Gasteiger partial charge in [0, 0.05) is 39.1 Å². The molecule has 2 rings (SSSR count). The predicted molar refractivity (Wildman–Crippen MR) is 95.1 cm³/mol. The van der Waals surface area contributed by atoms with Crippen LogP contribution in [-0.4, -0.2) is 61.0 Å². The molecule has 1 fully saturated rings. The summed E-state index contributed by atoms with van der Waals surface area (Å²) in [5.74, 6) is -0.0947. The summed E-state index contributed by atoms with van der Waals surface area (Å²) in [5.41, 5.74) is -0.174. The maximum absolute atomic E-state index is 12.5. The van der Waals surface area contributed by atoms with Gasteiger partial charge >= 0.3 is 12.3 Å². The van der Waals surface area contributed by atoms with Crippen molar-refractivity contribution in [3.05, 3.63) is 41.5 Å². The molecular weight excluding hydrogens is 361 g/mol. The van der Waals surface area contributed by atoms with E-state index in [1.807, 2.05) is 0 Å².